The topological polar surface area (TPSA) is 226 Å². The first-order valence-electron chi connectivity index (χ1n) is 11.9. The number of urea groups is 1. The average Bonchev–Trinajstić information content (AvgIpc) is 2.82. The molecule has 206 valence electrons. The van der Waals surface area contributed by atoms with E-state index in [1.54, 1.807) is 0 Å². The summed E-state index contributed by atoms with van der Waals surface area (Å²) in [6, 6.07) is -5.66. The number of unbranched alkanes of at least 4 members (excludes halogenated alkanes) is 3. The fraction of sp³-hybridized carbons (Fsp3) is 0.727. The van der Waals surface area contributed by atoms with E-state index in [9.17, 15) is 33.9 Å². The summed E-state index contributed by atoms with van der Waals surface area (Å²) in [4.78, 5) is 70.8. The number of carbonyl (C=O) groups excluding carboxylic acids is 4. The smallest absolute Gasteiger partial charge is 0.328 e. The van der Waals surface area contributed by atoms with Gasteiger partial charge in [0, 0.05) is 6.42 Å². The van der Waals surface area contributed by atoms with Crippen LogP contribution in [0.15, 0.2) is 0 Å². The molecule has 8 N–H and O–H groups in total. The molecule has 0 aromatic heterocycles. The first kappa shape index (κ1) is 32.6. The van der Waals surface area contributed by atoms with Gasteiger partial charge in [0.05, 0.1) is 13.7 Å². The summed E-state index contributed by atoms with van der Waals surface area (Å²) < 4.78 is 4.53. The monoisotopic (exact) mass is 517 g/mol. The molecule has 0 heterocycles. The second kappa shape index (κ2) is 17.9. The van der Waals surface area contributed by atoms with Crippen LogP contribution in [0.5, 0.6) is 0 Å². The Hall–Kier alpha value is -3.42. The van der Waals surface area contributed by atoms with Crippen LogP contribution < -0.4 is 27.0 Å². The minimum atomic E-state index is -1.38. The molecule has 2 unspecified atom stereocenters. The standard InChI is InChI=1S/C22H39N5O9/c1-4-5-6-7-11-17(28)26-16(20(32)33)12-24-22(35)27-15(18(29)25-13(2)19(30)31)10-8-9-14(23)21(34)36-3/h13-16H,4-12,23H2,1-3H3,(H,25,29)(H,26,28)(H,30,31)(H,32,33)(H2,24,27,35)/t13-,14?,15+,16?/m1/s1. The summed E-state index contributed by atoms with van der Waals surface area (Å²) in [6.45, 7) is 2.82. The number of rotatable bonds is 18. The molecule has 0 saturated heterocycles. The predicted molar refractivity (Wildman–Crippen MR) is 128 cm³/mol. The number of nitrogens with one attached hydrogen (secondary N) is 4. The van der Waals surface area contributed by atoms with Crippen molar-refractivity contribution < 1.29 is 43.7 Å². The molecule has 0 radical (unpaired) electrons. The summed E-state index contributed by atoms with van der Waals surface area (Å²) in [5, 5.41) is 27.6. The summed E-state index contributed by atoms with van der Waals surface area (Å²) in [7, 11) is 1.18. The van der Waals surface area contributed by atoms with Crippen LogP contribution in [-0.2, 0) is 28.7 Å². The normalized spacial score (nSPS) is 13.9. The highest BCUT2D eigenvalue weighted by Gasteiger charge is 2.26. The minimum Gasteiger partial charge on any atom is -0.480 e. The van der Waals surface area contributed by atoms with Gasteiger partial charge in [0.15, 0.2) is 0 Å². The Bertz CT molecular complexity index is 762. The maximum atomic E-state index is 12.5. The van der Waals surface area contributed by atoms with Crippen molar-refractivity contribution in [1.29, 1.82) is 0 Å². The molecular weight excluding hydrogens is 478 g/mol. The molecule has 0 saturated carbocycles. The summed E-state index contributed by atoms with van der Waals surface area (Å²) in [5.41, 5.74) is 5.66. The summed E-state index contributed by atoms with van der Waals surface area (Å²) in [6.07, 6.45) is 3.93. The quantitative estimate of drug-likeness (QED) is 0.0906. The average molecular weight is 518 g/mol. The Morgan fingerprint density at radius 2 is 1.53 bits per heavy atom. The van der Waals surface area contributed by atoms with E-state index in [0.717, 1.165) is 19.3 Å². The van der Waals surface area contributed by atoms with Crippen molar-refractivity contribution in [1.82, 2.24) is 21.3 Å². The third kappa shape index (κ3) is 14.1. The number of hydrogen-bond donors (Lipinski definition) is 7. The van der Waals surface area contributed by atoms with E-state index in [2.05, 4.69) is 26.0 Å². The number of esters is 1. The maximum absolute atomic E-state index is 12.5. The highest BCUT2D eigenvalue weighted by Crippen LogP contribution is 2.06. The van der Waals surface area contributed by atoms with Crippen molar-refractivity contribution in [2.75, 3.05) is 13.7 Å². The number of nitrogens with two attached hydrogens (primary N) is 1. The summed E-state index contributed by atoms with van der Waals surface area (Å²) >= 11 is 0. The van der Waals surface area contributed by atoms with E-state index < -0.39 is 66.5 Å². The number of methoxy groups -OCH3 is 1. The van der Waals surface area contributed by atoms with Gasteiger partial charge in [0.1, 0.15) is 24.2 Å². The molecule has 0 spiro atoms. The number of hydrogen-bond acceptors (Lipinski definition) is 8. The molecule has 0 aliphatic rings. The number of ether oxygens (including phenoxy) is 1. The lowest BCUT2D eigenvalue weighted by molar-refractivity contribution is -0.142. The van der Waals surface area contributed by atoms with Crippen LogP contribution >= 0.6 is 0 Å². The molecule has 14 nitrogen and oxygen atoms in total. The van der Waals surface area contributed by atoms with Gasteiger partial charge in [-0.3, -0.25) is 19.2 Å². The van der Waals surface area contributed by atoms with Gasteiger partial charge >= 0.3 is 23.9 Å². The Morgan fingerprint density at radius 3 is 2.08 bits per heavy atom. The van der Waals surface area contributed by atoms with E-state index >= 15 is 0 Å². The Morgan fingerprint density at radius 1 is 0.861 bits per heavy atom. The fourth-order valence-corrected chi connectivity index (χ4v) is 3.04. The highest BCUT2D eigenvalue weighted by atomic mass is 16.5. The van der Waals surface area contributed by atoms with Crippen LogP contribution in [0.1, 0.15) is 65.2 Å². The lowest BCUT2D eigenvalue weighted by Crippen LogP contribution is -2.55. The van der Waals surface area contributed by atoms with Crippen molar-refractivity contribution >= 4 is 35.8 Å². The lowest BCUT2D eigenvalue weighted by atomic mass is 10.0. The highest BCUT2D eigenvalue weighted by molar-refractivity contribution is 5.90. The molecule has 0 aromatic rings. The zero-order valence-corrected chi connectivity index (χ0v) is 21.0. The minimum absolute atomic E-state index is 0.00709. The molecule has 0 aliphatic carbocycles. The first-order chi connectivity index (χ1) is 16.9. The molecule has 0 fully saturated rings. The third-order valence-corrected chi connectivity index (χ3v) is 5.22. The summed E-state index contributed by atoms with van der Waals surface area (Å²) in [5.74, 6) is -4.52. The van der Waals surface area contributed by atoms with E-state index in [0.29, 0.717) is 6.42 Å². The molecule has 0 aromatic carbocycles. The second-order valence-corrected chi connectivity index (χ2v) is 8.31. The van der Waals surface area contributed by atoms with Crippen molar-refractivity contribution in [3.8, 4) is 0 Å². The van der Waals surface area contributed by atoms with Crippen LogP contribution in [0, 0.1) is 0 Å². The van der Waals surface area contributed by atoms with Crippen LogP contribution in [0.4, 0.5) is 4.79 Å². The molecule has 4 atom stereocenters. The van der Waals surface area contributed by atoms with Crippen molar-refractivity contribution in [2.24, 2.45) is 5.73 Å². The van der Waals surface area contributed by atoms with Gasteiger partial charge in [-0.2, -0.15) is 0 Å². The zero-order valence-electron chi connectivity index (χ0n) is 21.0. The molecule has 0 aliphatic heterocycles. The number of carboxylic acids is 2. The SMILES string of the molecule is CCCCCCC(=O)NC(CNC(=O)N[C@@H](CCCC(N)C(=O)OC)C(=O)N[C@H](C)C(=O)O)C(=O)O. The van der Waals surface area contributed by atoms with Crippen molar-refractivity contribution in [3.63, 3.8) is 0 Å². The maximum Gasteiger partial charge on any atom is 0.328 e. The number of amides is 4. The van der Waals surface area contributed by atoms with Crippen LogP contribution in [-0.4, -0.2) is 83.8 Å². The van der Waals surface area contributed by atoms with Crippen LogP contribution in [0.25, 0.3) is 0 Å². The van der Waals surface area contributed by atoms with Crippen molar-refractivity contribution in [2.45, 2.75) is 89.4 Å². The number of carboxylic acid groups (broad SMARTS) is 2. The zero-order chi connectivity index (χ0) is 27.7. The Labute approximate surface area is 210 Å². The van der Waals surface area contributed by atoms with Gasteiger partial charge in [0.2, 0.25) is 11.8 Å². The molecule has 4 amide bonds. The van der Waals surface area contributed by atoms with E-state index in [1.165, 1.54) is 14.0 Å². The predicted octanol–water partition coefficient (Wildman–Crippen LogP) is -0.546. The van der Waals surface area contributed by atoms with Gasteiger partial charge in [-0.1, -0.05) is 26.2 Å². The molecule has 36 heavy (non-hydrogen) atoms. The van der Waals surface area contributed by atoms with Crippen LogP contribution in [0.2, 0.25) is 0 Å². The number of carbonyl (C=O) groups is 6. The van der Waals surface area contributed by atoms with E-state index in [4.69, 9.17) is 10.8 Å². The van der Waals surface area contributed by atoms with E-state index in [1.807, 2.05) is 6.92 Å². The Balaban J connectivity index is 4.98. The largest absolute Gasteiger partial charge is 0.480 e. The molecule has 0 rings (SSSR count). The van der Waals surface area contributed by atoms with Gasteiger partial charge in [-0.05, 0) is 32.6 Å². The van der Waals surface area contributed by atoms with Gasteiger partial charge < -0.3 is 42.0 Å². The second-order valence-electron chi connectivity index (χ2n) is 8.31. The Kier molecular flexibility index (Phi) is 16.2. The van der Waals surface area contributed by atoms with Gasteiger partial charge in [0.25, 0.3) is 0 Å². The molecular formula is C22H39N5O9. The lowest BCUT2D eigenvalue weighted by Gasteiger charge is -2.21. The number of aliphatic carboxylic acids is 2. The third-order valence-electron chi connectivity index (χ3n) is 5.22. The van der Waals surface area contributed by atoms with Crippen LogP contribution in [0.3, 0.4) is 0 Å². The van der Waals surface area contributed by atoms with Gasteiger partial charge in [-0.15, -0.1) is 0 Å². The first-order valence-corrected chi connectivity index (χ1v) is 11.9. The van der Waals surface area contributed by atoms with Crippen molar-refractivity contribution in [3.05, 3.63) is 0 Å². The van der Waals surface area contributed by atoms with E-state index in [-0.39, 0.29) is 25.7 Å². The fourth-order valence-electron chi connectivity index (χ4n) is 3.04. The van der Waals surface area contributed by atoms with Gasteiger partial charge in [-0.25, -0.2) is 9.59 Å². The molecule has 0 bridgehead atoms. The molecule has 14 heteroatoms.